The second kappa shape index (κ2) is 8.09. The number of nitrogens with zero attached hydrogens (tertiary/aromatic N) is 1. The van der Waals surface area contributed by atoms with Crippen LogP contribution in [0.1, 0.15) is 50.4 Å². The molecular weight excluding hydrogens is 294 g/mol. The Hall–Kier alpha value is -1.91. The predicted molar refractivity (Wildman–Crippen MR) is 85.7 cm³/mol. The summed E-state index contributed by atoms with van der Waals surface area (Å²) in [6.07, 6.45) is 6.07. The first-order valence-electron chi connectivity index (χ1n) is 8.24. The van der Waals surface area contributed by atoms with Crippen LogP contribution in [-0.2, 0) is 14.3 Å². The molecule has 1 aromatic rings. The van der Waals surface area contributed by atoms with Gasteiger partial charge in [0.2, 0.25) is 0 Å². The van der Waals surface area contributed by atoms with E-state index in [9.17, 15) is 9.59 Å². The first-order valence-corrected chi connectivity index (χ1v) is 8.24. The van der Waals surface area contributed by atoms with Gasteiger partial charge in [-0.2, -0.15) is 0 Å². The van der Waals surface area contributed by atoms with E-state index in [1.54, 1.807) is 12.1 Å². The number of carbonyl (C=O) groups excluding carboxylic acids is 2. The molecule has 0 radical (unpaired) electrons. The zero-order valence-corrected chi connectivity index (χ0v) is 14.0. The van der Waals surface area contributed by atoms with Gasteiger partial charge in [0.25, 0.3) is 0 Å². The number of aromatic nitrogens is 1. The highest BCUT2D eigenvalue weighted by Gasteiger charge is 2.33. The lowest BCUT2D eigenvalue weighted by Gasteiger charge is -2.36. The number of carbonyl (C=O) groups is 2. The van der Waals surface area contributed by atoms with E-state index < -0.39 is 11.9 Å². The monoisotopic (exact) mass is 319 g/mol. The van der Waals surface area contributed by atoms with Crippen molar-refractivity contribution < 1.29 is 19.1 Å². The Bertz CT molecular complexity index is 529. The minimum Gasteiger partial charge on any atom is -0.460 e. The molecule has 2 rings (SSSR count). The number of hydrogen-bond acceptors (Lipinski definition) is 5. The minimum absolute atomic E-state index is 0.0779. The van der Waals surface area contributed by atoms with E-state index in [1.165, 1.54) is 18.8 Å². The van der Waals surface area contributed by atoms with Gasteiger partial charge in [-0.25, -0.2) is 9.59 Å². The molecule has 0 amide bonds. The van der Waals surface area contributed by atoms with Gasteiger partial charge in [-0.15, -0.1) is 0 Å². The normalized spacial score (nSPS) is 24.3. The summed E-state index contributed by atoms with van der Waals surface area (Å²) in [4.78, 5) is 27.7. The number of pyridine rings is 1. The average Bonchev–Trinajstić information content (AvgIpc) is 2.53. The van der Waals surface area contributed by atoms with E-state index in [4.69, 9.17) is 9.47 Å². The van der Waals surface area contributed by atoms with E-state index in [1.807, 2.05) is 0 Å². The van der Waals surface area contributed by atoms with E-state index >= 15 is 0 Å². The minimum atomic E-state index is -0.540. The maximum Gasteiger partial charge on any atom is 0.344 e. The molecule has 1 aliphatic carbocycles. The zero-order valence-electron chi connectivity index (χ0n) is 14.0. The lowest BCUT2D eigenvalue weighted by atomic mass is 9.75. The van der Waals surface area contributed by atoms with Crippen molar-refractivity contribution in [3.05, 3.63) is 30.1 Å². The first kappa shape index (κ1) is 17.4. The van der Waals surface area contributed by atoms with Crippen LogP contribution in [0, 0.1) is 17.8 Å². The third-order valence-electron chi connectivity index (χ3n) is 4.48. The summed E-state index contributed by atoms with van der Waals surface area (Å²) in [5.74, 6) is 0.395. The number of ether oxygens (including phenoxy) is 2. The van der Waals surface area contributed by atoms with Gasteiger partial charge in [-0.05, 0) is 42.7 Å². The summed E-state index contributed by atoms with van der Waals surface area (Å²) >= 11 is 0. The van der Waals surface area contributed by atoms with Crippen LogP contribution in [0.3, 0.4) is 0 Å². The fourth-order valence-corrected chi connectivity index (χ4v) is 3.15. The summed E-state index contributed by atoms with van der Waals surface area (Å²) in [5.41, 5.74) is 0.374. The summed E-state index contributed by atoms with van der Waals surface area (Å²) in [6.45, 7) is 6.15. The van der Waals surface area contributed by atoms with Gasteiger partial charge >= 0.3 is 11.9 Å². The van der Waals surface area contributed by atoms with Gasteiger partial charge in [-0.1, -0.05) is 27.2 Å². The predicted octanol–water partition coefficient (Wildman–Crippen LogP) is 3.24. The lowest BCUT2D eigenvalue weighted by Crippen LogP contribution is -2.36. The Labute approximate surface area is 137 Å². The fraction of sp³-hybridized carbons (Fsp3) is 0.611. The van der Waals surface area contributed by atoms with Gasteiger partial charge in [0.15, 0.2) is 6.61 Å². The molecule has 126 valence electrons. The van der Waals surface area contributed by atoms with Crippen LogP contribution in [-0.4, -0.2) is 29.6 Å². The van der Waals surface area contributed by atoms with Crippen LogP contribution in [0.15, 0.2) is 24.5 Å². The molecule has 0 aromatic carbocycles. The van der Waals surface area contributed by atoms with Gasteiger partial charge < -0.3 is 9.47 Å². The Kier molecular flexibility index (Phi) is 6.13. The fourth-order valence-electron chi connectivity index (χ4n) is 3.15. The molecular formula is C18H25NO4. The zero-order chi connectivity index (χ0) is 16.8. The molecule has 1 aromatic heterocycles. The summed E-state index contributed by atoms with van der Waals surface area (Å²) in [7, 11) is 0. The molecule has 3 atom stereocenters. The van der Waals surface area contributed by atoms with Crippen LogP contribution in [0.25, 0.3) is 0 Å². The van der Waals surface area contributed by atoms with Crippen molar-refractivity contribution in [3.8, 4) is 0 Å². The summed E-state index contributed by atoms with van der Waals surface area (Å²) < 4.78 is 10.6. The number of esters is 2. The van der Waals surface area contributed by atoms with Crippen LogP contribution in [0.4, 0.5) is 0 Å². The summed E-state index contributed by atoms with van der Waals surface area (Å²) in [6, 6.07) is 3.09. The molecule has 0 N–H and O–H groups in total. The average molecular weight is 319 g/mol. The van der Waals surface area contributed by atoms with Crippen molar-refractivity contribution >= 4 is 11.9 Å². The smallest absolute Gasteiger partial charge is 0.344 e. The molecule has 0 saturated heterocycles. The van der Waals surface area contributed by atoms with Gasteiger partial charge in [-0.3, -0.25) is 4.98 Å². The maximum absolute atomic E-state index is 12.0. The standard InChI is InChI=1S/C18H25NO4/c1-12(2)15-5-4-13(3)10-16(15)23-17(20)11-22-18(21)14-6-8-19-9-7-14/h6-9,12-13,15-16H,4-5,10-11H2,1-3H3/t13-,15+,16-/m1/s1. The summed E-state index contributed by atoms with van der Waals surface area (Å²) in [5, 5.41) is 0. The topological polar surface area (TPSA) is 65.5 Å². The van der Waals surface area contributed by atoms with Crippen molar-refractivity contribution in [2.45, 2.75) is 46.1 Å². The van der Waals surface area contributed by atoms with Crippen LogP contribution in [0.2, 0.25) is 0 Å². The Morgan fingerprint density at radius 3 is 2.61 bits per heavy atom. The van der Waals surface area contributed by atoms with Crippen LogP contribution >= 0.6 is 0 Å². The van der Waals surface area contributed by atoms with Gasteiger partial charge in [0.05, 0.1) is 5.56 Å². The molecule has 0 spiro atoms. The number of hydrogen-bond donors (Lipinski definition) is 0. The number of rotatable bonds is 5. The molecule has 0 unspecified atom stereocenters. The van der Waals surface area contributed by atoms with Crippen LogP contribution < -0.4 is 0 Å². The largest absolute Gasteiger partial charge is 0.460 e. The van der Waals surface area contributed by atoms with E-state index in [0.717, 1.165) is 12.8 Å². The molecule has 1 heterocycles. The van der Waals surface area contributed by atoms with Crippen molar-refractivity contribution in [2.24, 2.45) is 17.8 Å². The van der Waals surface area contributed by atoms with Crippen molar-refractivity contribution in [3.63, 3.8) is 0 Å². The Morgan fingerprint density at radius 2 is 1.96 bits per heavy atom. The molecule has 0 bridgehead atoms. The highest BCUT2D eigenvalue weighted by atomic mass is 16.6. The van der Waals surface area contributed by atoms with E-state index in [-0.39, 0.29) is 12.7 Å². The SMILES string of the molecule is CC(C)[C@@H]1CC[C@@H](C)C[C@H]1OC(=O)COC(=O)c1ccncc1. The second-order valence-electron chi connectivity index (χ2n) is 6.67. The molecule has 5 heteroatoms. The van der Waals surface area contributed by atoms with E-state index in [0.29, 0.717) is 23.3 Å². The first-order chi connectivity index (χ1) is 11.0. The molecule has 0 aliphatic heterocycles. The molecule has 1 aliphatic rings. The molecule has 1 fully saturated rings. The van der Waals surface area contributed by atoms with Crippen molar-refractivity contribution in [2.75, 3.05) is 6.61 Å². The second-order valence-corrected chi connectivity index (χ2v) is 6.67. The highest BCUT2D eigenvalue weighted by molar-refractivity contribution is 5.90. The molecule has 23 heavy (non-hydrogen) atoms. The Morgan fingerprint density at radius 1 is 1.26 bits per heavy atom. The third kappa shape index (κ3) is 5.05. The molecule has 5 nitrogen and oxygen atoms in total. The third-order valence-corrected chi connectivity index (χ3v) is 4.48. The van der Waals surface area contributed by atoms with Gasteiger partial charge in [0, 0.05) is 12.4 Å². The quantitative estimate of drug-likeness (QED) is 0.780. The lowest BCUT2D eigenvalue weighted by molar-refractivity contribution is -0.159. The van der Waals surface area contributed by atoms with E-state index in [2.05, 4.69) is 25.8 Å². The van der Waals surface area contributed by atoms with Crippen molar-refractivity contribution in [1.29, 1.82) is 0 Å². The Balaban J connectivity index is 1.84. The molecule has 1 saturated carbocycles. The van der Waals surface area contributed by atoms with Crippen molar-refractivity contribution in [1.82, 2.24) is 4.98 Å². The maximum atomic E-state index is 12.0. The van der Waals surface area contributed by atoms with Crippen LogP contribution in [0.5, 0.6) is 0 Å². The highest BCUT2D eigenvalue weighted by Crippen LogP contribution is 2.35. The van der Waals surface area contributed by atoms with Gasteiger partial charge in [0.1, 0.15) is 6.10 Å².